The van der Waals surface area contributed by atoms with Crippen molar-refractivity contribution < 1.29 is 27.2 Å². The third-order valence-electron chi connectivity index (χ3n) is 6.79. The van der Waals surface area contributed by atoms with Crippen LogP contribution in [0.3, 0.4) is 0 Å². The van der Waals surface area contributed by atoms with Crippen molar-refractivity contribution in [2.24, 2.45) is 0 Å². The minimum Gasteiger partial charge on any atom is -0.296 e. The second-order valence-corrected chi connectivity index (χ2v) is 11.0. The van der Waals surface area contributed by atoms with Crippen LogP contribution in [0.1, 0.15) is 30.5 Å². The molecule has 0 unspecified atom stereocenters. The molecule has 2 amide bonds. The maximum Gasteiger partial charge on any atom is 0.416 e. The minimum absolute atomic E-state index is 0.00679. The van der Waals surface area contributed by atoms with Gasteiger partial charge in [-0.2, -0.15) is 18.3 Å². The maximum atomic E-state index is 14.7. The van der Waals surface area contributed by atoms with Crippen LogP contribution in [-0.4, -0.2) is 62.1 Å². The summed E-state index contributed by atoms with van der Waals surface area (Å²) in [7, 11) is 0. The first kappa shape index (κ1) is 26.7. The van der Waals surface area contributed by atoms with Gasteiger partial charge in [-0.1, -0.05) is 23.7 Å². The number of rotatable bonds is 5. The van der Waals surface area contributed by atoms with E-state index in [1.807, 2.05) is 18.7 Å². The molecule has 3 heterocycles. The molecule has 1 aromatic heterocycles. The lowest BCUT2D eigenvalue weighted by Gasteiger charge is -2.23. The lowest BCUT2D eigenvalue weighted by atomic mass is 10.1. The van der Waals surface area contributed by atoms with Gasteiger partial charge in [0.05, 0.1) is 34.8 Å². The molecular formula is C26H23ClF4N4O2S. The third kappa shape index (κ3) is 5.06. The number of alkyl halides is 4. The molecule has 200 valence electrons. The number of carbonyl (C=O) groups is 2. The topological polar surface area (TPSA) is 58.4 Å². The number of hydrogen-bond donors (Lipinski definition) is 0. The van der Waals surface area contributed by atoms with Gasteiger partial charge in [0.1, 0.15) is 6.17 Å². The Balaban J connectivity index is 1.38. The maximum absolute atomic E-state index is 14.7. The quantitative estimate of drug-likeness (QED) is 0.271. The summed E-state index contributed by atoms with van der Waals surface area (Å²) < 4.78 is 56.7. The second kappa shape index (κ2) is 10.0. The van der Waals surface area contributed by atoms with E-state index in [0.29, 0.717) is 23.0 Å². The van der Waals surface area contributed by atoms with Crippen molar-refractivity contribution in [3.63, 3.8) is 0 Å². The van der Waals surface area contributed by atoms with Crippen LogP contribution in [0, 0.1) is 0 Å². The van der Waals surface area contributed by atoms with E-state index in [9.17, 15) is 27.2 Å². The van der Waals surface area contributed by atoms with Gasteiger partial charge in [-0.05, 0) is 67.1 Å². The molecule has 2 aliphatic heterocycles. The van der Waals surface area contributed by atoms with E-state index in [4.69, 9.17) is 11.6 Å². The Morgan fingerprint density at radius 3 is 2.61 bits per heavy atom. The van der Waals surface area contributed by atoms with Crippen molar-refractivity contribution in [3.8, 4) is 0 Å². The summed E-state index contributed by atoms with van der Waals surface area (Å²) in [5.41, 5.74) is 0.407. The van der Waals surface area contributed by atoms with Gasteiger partial charge in [-0.3, -0.25) is 24.1 Å². The van der Waals surface area contributed by atoms with E-state index >= 15 is 0 Å². The summed E-state index contributed by atoms with van der Waals surface area (Å²) in [6.45, 7) is 4.22. The summed E-state index contributed by atoms with van der Waals surface area (Å²) in [6.07, 6.45) is -2.79. The Labute approximate surface area is 225 Å². The standard InChI is InChI=1S/C26H23ClF4N4O2S/c1-14(2)33-12-20(28)22(13-33)35-24(36)23(38-25(35)37)8-15-3-6-21-17(7-15)10-32-34(21)11-16-4-5-18(27)9-19(16)26(29,30)31/h3-10,14,20,22H,11-13H2,1-2H3/b23-8-/t20-,22+/m1/s1. The fraction of sp³-hybridized carbons (Fsp3) is 0.346. The highest BCUT2D eigenvalue weighted by molar-refractivity contribution is 8.18. The highest BCUT2D eigenvalue weighted by atomic mass is 35.5. The molecule has 2 aliphatic rings. The Kier molecular flexibility index (Phi) is 7.04. The van der Waals surface area contributed by atoms with Crippen LogP contribution in [-0.2, 0) is 17.5 Å². The lowest BCUT2D eigenvalue weighted by Crippen LogP contribution is -2.44. The van der Waals surface area contributed by atoms with Gasteiger partial charge in [0, 0.05) is 29.5 Å². The molecule has 38 heavy (non-hydrogen) atoms. The van der Waals surface area contributed by atoms with Crippen molar-refractivity contribution >= 4 is 51.5 Å². The van der Waals surface area contributed by atoms with E-state index in [1.54, 1.807) is 24.3 Å². The predicted octanol–water partition coefficient (Wildman–Crippen LogP) is 6.22. The third-order valence-corrected chi connectivity index (χ3v) is 7.91. The molecule has 3 aromatic rings. The number of aromatic nitrogens is 2. The molecule has 5 rings (SSSR count). The van der Waals surface area contributed by atoms with E-state index in [2.05, 4.69) is 5.10 Å². The fourth-order valence-electron chi connectivity index (χ4n) is 4.79. The summed E-state index contributed by atoms with van der Waals surface area (Å²) in [5, 5.41) is 4.38. The highest BCUT2D eigenvalue weighted by Gasteiger charge is 2.47. The SMILES string of the molecule is CC(C)N1C[C@@H](F)[C@@H](N2C(=O)S/C(=C\c3ccc4c(cnn4Cc4ccc(Cl)cc4C(F)(F)F)c3)C2=O)C1. The van der Waals surface area contributed by atoms with Gasteiger partial charge in [-0.25, -0.2) is 4.39 Å². The first-order valence-electron chi connectivity index (χ1n) is 11.9. The Morgan fingerprint density at radius 2 is 1.92 bits per heavy atom. The Morgan fingerprint density at radius 1 is 1.16 bits per heavy atom. The molecule has 0 spiro atoms. The molecule has 0 saturated carbocycles. The Hall–Kier alpha value is -2.89. The van der Waals surface area contributed by atoms with Crippen LogP contribution < -0.4 is 0 Å². The number of likely N-dealkylation sites (tertiary alicyclic amines) is 1. The fourth-order valence-corrected chi connectivity index (χ4v) is 5.85. The largest absolute Gasteiger partial charge is 0.416 e. The van der Waals surface area contributed by atoms with Gasteiger partial charge in [0.2, 0.25) is 0 Å². The first-order valence-corrected chi connectivity index (χ1v) is 13.1. The number of halogens is 5. The van der Waals surface area contributed by atoms with Crippen LogP contribution in [0.2, 0.25) is 5.02 Å². The summed E-state index contributed by atoms with van der Waals surface area (Å²) in [6, 6.07) is 8.01. The summed E-state index contributed by atoms with van der Waals surface area (Å²) in [4.78, 5) is 28.8. The van der Waals surface area contributed by atoms with E-state index in [-0.39, 0.29) is 34.6 Å². The summed E-state index contributed by atoms with van der Waals surface area (Å²) >= 11 is 6.55. The average molecular weight is 567 g/mol. The zero-order valence-electron chi connectivity index (χ0n) is 20.4. The highest BCUT2D eigenvalue weighted by Crippen LogP contribution is 2.37. The summed E-state index contributed by atoms with van der Waals surface area (Å²) in [5.74, 6) is -0.531. The van der Waals surface area contributed by atoms with Crippen LogP contribution in [0.4, 0.5) is 22.4 Å². The van der Waals surface area contributed by atoms with Gasteiger partial charge in [0.15, 0.2) is 0 Å². The van der Waals surface area contributed by atoms with Gasteiger partial charge in [0.25, 0.3) is 11.1 Å². The van der Waals surface area contributed by atoms with Crippen molar-refractivity contribution in [3.05, 3.63) is 69.2 Å². The molecule has 12 heteroatoms. The predicted molar refractivity (Wildman–Crippen MR) is 138 cm³/mol. The molecule has 2 fully saturated rings. The molecular weight excluding hydrogens is 544 g/mol. The van der Waals surface area contributed by atoms with Gasteiger partial charge in [-0.15, -0.1) is 0 Å². The number of hydrogen-bond acceptors (Lipinski definition) is 5. The normalized spacial score (nSPS) is 22.1. The van der Waals surface area contributed by atoms with Crippen LogP contribution in [0.15, 0.2) is 47.5 Å². The van der Waals surface area contributed by atoms with Gasteiger partial charge < -0.3 is 0 Å². The van der Waals surface area contributed by atoms with Crippen molar-refractivity contribution in [1.82, 2.24) is 19.6 Å². The number of amides is 2. The molecule has 2 atom stereocenters. The molecule has 0 N–H and O–H groups in total. The van der Waals surface area contributed by atoms with Crippen LogP contribution in [0.5, 0.6) is 0 Å². The minimum atomic E-state index is -4.56. The molecule has 0 bridgehead atoms. The second-order valence-electron chi connectivity index (χ2n) is 9.60. The number of fused-ring (bicyclic) bond motifs is 1. The number of thioether (sulfide) groups is 1. The number of imide groups is 1. The molecule has 0 aliphatic carbocycles. The first-order chi connectivity index (χ1) is 17.9. The zero-order valence-corrected chi connectivity index (χ0v) is 21.9. The smallest absolute Gasteiger partial charge is 0.296 e. The number of carbonyl (C=O) groups excluding carboxylic acids is 2. The van der Waals surface area contributed by atoms with Gasteiger partial charge >= 0.3 is 6.18 Å². The van der Waals surface area contributed by atoms with Crippen molar-refractivity contribution in [2.75, 3.05) is 13.1 Å². The van der Waals surface area contributed by atoms with E-state index in [1.165, 1.54) is 23.0 Å². The molecule has 2 saturated heterocycles. The van der Waals surface area contributed by atoms with E-state index in [0.717, 1.165) is 22.7 Å². The number of benzene rings is 2. The van der Waals surface area contributed by atoms with Crippen LogP contribution >= 0.6 is 23.4 Å². The molecule has 0 radical (unpaired) electrons. The number of nitrogens with zero attached hydrogens (tertiary/aromatic N) is 4. The van der Waals surface area contributed by atoms with Crippen LogP contribution in [0.25, 0.3) is 17.0 Å². The van der Waals surface area contributed by atoms with Crippen molar-refractivity contribution in [2.45, 2.75) is 44.8 Å². The molecule has 2 aromatic carbocycles. The Bertz CT molecular complexity index is 1450. The lowest BCUT2D eigenvalue weighted by molar-refractivity contribution is -0.138. The average Bonchev–Trinajstić information content (AvgIpc) is 3.50. The van der Waals surface area contributed by atoms with E-state index < -0.39 is 35.1 Å². The molecule has 6 nitrogen and oxygen atoms in total. The van der Waals surface area contributed by atoms with Crippen molar-refractivity contribution in [1.29, 1.82) is 0 Å². The monoisotopic (exact) mass is 566 g/mol. The zero-order chi connectivity index (χ0) is 27.4.